The van der Waals surface area contributed by atoms with E-state index < -0.39 is 64.4 Å². The van der Waals surface area contributed by atoms with Crippen LogP contribution in [-0.2, 0) is 30.3 Å². The molecule has 228 valence electrons. The quantitative estimate of drug-likeness (QED) is 0.337. The molecule has 1 heterocycles. The van der Waals surface area contributed by atoms with Crippen LogP contribution in [0, 0.1) is 34.5 Å². The minimum atomic E-state index is -1.69. The van der Waals surface area contributed by atoms with Gasteiger partial charge in [-0.1, -0.05) is 30.3 Å². The van der Waals surface area contributed by atoms with Gasteiger partial charge in [-0.3, -0.25) is 0 Å². The molecule has 1 spiro atoms. The van der Waals surface area contributed by atoms with Gasteiger partial charge in [0.2, 0.25) is 0 Å². The molecule has 10 nitrogen and oxygen atoms in total. The minimum absolute atomic E-state index is 0.228. The number of methoxy groups -OCH3 is 4. The monoisotopic (exact) mass is 575 g/mol. The summed E-state index contributed by atoms with van der Waals surface area (Å²) in [6.07, 6.45) is -4.15. The molecule has 7 bridgehead atoms. The van der Waals surface area contributed by atoms with E-state index in [1.165, 1.54) is 7.11 Å². The molecule has 10 heteroatoms. The molecule has 5 aliphatic carbocycles. The summed E-state index contributed by atoms with van der Waals surface area (Å²) in [4.78, 5) is 2.23. The van der Waals surface area contributed by atoms with Gasteiger partial charge < -0.3 is 49.0 Å². The molecule has 7 rings (SSSR count). The van der Waals surface area contributed by atoms with Crippen molar-refractivity contribution in [2.75, 3.05) is 48.6 Å². The van der Waals surface area contributed by atoms with Gasteiger partial charge in [0.25, 0.3) is 0 Å². The highest BCUT2D eigenvalue weighted by atomic mass is 16.5. The van der Waals surface area contributed by atoms with Crippen molar-refractivity contribution in [2.45, 2.75) is 73.3 Å². The Labute approximate surface area is 241 Å². The lowest BCUT2D eigenvalue weighted by molar-refractivity contribution is -0.325. The lowest BCUT2D eigenvalue weighted by Crippen LogP contribution is -2.80. The van der Waals surface area contributed by atoms with E-state index >= 15 is 0 Å². The fourth-order valence-corrected chi connectivity index (χ4v) is 11.9. The van der Waals surface area contributed by atoms with Crippen molar-refractivity contribution < 1.29 is 44.1 Å². The van der Waals surface area contributed by atoms with Gasteiger partial charge in [0.05, 0.1) is 37.6 Å². The zero-order chi connectivity index (χ0) is 29.1. The van der Waals surface area contributed by atoms with Crippen LogP contribution in [-0.4, -0.2) is 128 Å². The van der Waals surface area contributed by atoms with Crippen LogP contribution in [0.4, 0.5) is 0 Å². The number of nitrogens with zero attached hydrogens (tertiary/aromatic N) is 1. The van der Waals surface area contributed by atoms with Gasteiger partial charge in [-0.25, -0.2) is 0 Å². The Morgan fingerprint density at radius 1 is 0.951 bits per heavy atom. The molecular weight excluding hydrogens is 530 g/mol. The van der Waals surface area contributed by atoms with Crippen molar-refractivity contribution in [1.29, 1.82) is 0 Å². The van der Waals surface area contributed by atoms with Gasteiger partial charge in [0.1, 0.15) is 23.4 Å². The highest BCUT2D eigenvalue weighted by Gasteiger charge is 2.90. The molecule has 0 radical (unpaired) electrons. The second kappa shape index (κ2) is 9.41. The maximum atomic E-state index is 13.1. The molecule has 0 aromatic heterocycles. The van der Waals surface area contributed by atoms with Crippen LogP contribution in [0.5, 0.6) is 0 Å². The SMILES string of the molecule is COC[C@]12CN(C)C3C4C(OC)C1C3(C(OC)C[C@H]2O)C1C[C@]2(O)C(OCc3ccccc3)C1[C@]4(O)[C@H](O)[C@@H]2OC. The zero-order valence-electron chi connectivity index (χ0n) is 24.6. The van der Waals surface area contributed by atoms with Crippen LogP contribution in [0.25, 0.3) is 0 Å². The molecule has 0 amide bonds. The van der Waals surface area contributed by atoms with E-state index in [0.717, 1.165) is 5.56 Å². The third-order valence-corrected chi connectivity index (χ3v) is 12.6. The predicted molar refractivity (Wildman–Crippen MR) is 146 cm³/mol. The van der Waals surface area contributed by atoms with Crippen molar-refractivity contribution in [2.24, 2.45) is 34.5 Å². The van der Waals surface area contributed by atoms with Crippen molar-refractivity contribution in [1.82, 2.24) is 4.90 Å². The van der Waals surface area contributed by atoms with E-state index in [2.05, 4.69) is 4.90 Å². The molecular formula is C31H45NO9. The Bertz CT molecular complexity index is 1160. The van der Waals surface area contributed by atoms with Gasteiger partial charge in [-0.15, -0.1) is 0 Å². The maximum absolute atomic E-state index is 13.1. The summed E-state index contributed by atoms with van der Waals surface area (Å²) in [5.41, 5.74) is -3.58. The van der Waals surface area contributed by atoms with Crippen LogP contribution in [0.3, 0.4) is 0 Å². The molecule has 5 saturated carbocycles. The number of hydrogen-bond acceptors (Lipinski definition) is 10. The van der Waals surface area contributed by atoms with Gasteiger partial charge in [-0.2, -0.15) is 0 Å². The van der Waals surface area contributed by atoms with E-state index in [1.807, 2.05) is 37.4 Å². The number of hydrogen-bond donors (Lipinski definition) is 4. The largest absolute Gasteiger partial charge is 0.392 e. The third kappa shape index (κ3) is 3.12. The number of benzene rings is 1. The normalized spacial score (nSPS) is 54.9. The third-order valence-electron chi connectivity index (χ3n) is 12.6. The molecule has 4 N–H and O–H groups in total. The standard InChI is InChI=1S/C31H45NO9/c1-32-14-28(15-37-2)18(33)11-19(38-3)30-17-12-29(35)26(41-13-16-9-7-6-8-10-16)20(17)31(36,25(34)27(29)40-5)21(24(30)32)22(39-4)23(28)30/h6-10,17-27,33-36H,11-15H2,1-5H3/t17?,18-,19?,20?,21?,22?,23?,24?,25-,26?,27+,28+,29+,30?,31-/m1/s1. The Kier molecular flexibility index (Phi) is 6.56. The predicted octanol–water partition coefficient (Wildman–Crippen LogP) is 0.0470. The van der Waals surface area contributed by atoms with Crippen LogP contribution in [0.1, 0.15) is 18.4 Å². The topological polar surface area (TPSA) is 130 Å². The van der Waals surface area contributed by atoms with Gasteiger partial charge >= 0.3 is 0 Å². The van der Waals surface area contributed by atoms with Crippen molar-refractivity contribution in [3.63, 3.8) is 0 Å². The lowest BCUT2D eigenvalue weighted by atomic mass is 9.42. The summed E-state index contributed by atoms with van der Waals surface area (Å²) in [7, 11) is 8.50. The Morgan fingerprint density at radius 3 is 2.32 bits per heavy atom. The molecule has 41 heavy (non-hydrogen) atoms. The Hall–Kier alpha value is -1.18. The fraction of sp³-hybridized carbons (Fsp3) is 0.806. The van der Waals surface area contributed by atoms with Gasteiger partial charge in [0.15, 0.2) is 0 Å². The van der Waals surface area contributed by atoms with Gasteiger partial charge in [-0.05, 0) is 24.9 Å². The van der Waals surface area contributed by atoms with Crippen molar-refractivity contribution in [3.05, 3.63) is 35.9 Å². The first-order valence-corrected chi connectivity index (χ1v) is 14.9. The van der Waals surface area contributed by atoms with E-state index in [0.29, 0.717) is 19.6 Å². The van der Waals surface area contributed by atoms with Crippen LogP contribution < -0.4 is 0 Å². The Morgan fingerprint density at radius 2 is 1.68 bits per heavy atom. The summed E-state index contributed by atoms with van der Waals surface area (Å²) >= 11 is 0. The summed E-state index contributed by atoms with van der Waals surface area (Å²) in [5.74, 6) is -1.72. The van der Waals surface area contributed by atoms with Crippen molar-refractivity contribution >= 4 is 0 Å². The van der Waals surface area contributed by atoms with Crippen LogP contribution in [0.2, 0.25) is 0 Å². The molecule has 9 unspecified atom stereocenters. The zero-order valence-corrected chi connectivity index (χ0v) is 24.6. The van der Waals surface area contributed by atoms with E-state index in [1.54, 1.807) is 21.3 Å². The molecule has 1 saturated heterocycles. The highest BCUT2D eigenvalue weighted by Crippen LogP contribution is 2.80. The second-order valence-electron chi connectivity index (χ2n) is 13.7. The van der Waals surface area contributed by atoms with Crippen LogP contribution >= 0.6 is 0 Å². The summed E-state index contributed by atoms with van der Waals surface area (Å²) in [6.45, 7) is 1.12. The number of aliphatic hydroxyl groups excluding tert-OH is 2. The number of aliphatic hydroxyl groups is 4. The molecule has 6 aliphatic rings. The average molecular weight is 576 g/mol. The van der Waals surface area contributed by atoms with Crippen LogP contribution in [0.15, 0.2) is 30.3 Å². The second-order valence-corrected chi connectivity index (χ2v) is 13.7. The first kappa shape index (κ1) is 28.6. The highest BCUT2D eigenvalue weighted by molar-refractivity contribution is 5.40. The molecule has 6 fully saturated rings. The van der Waals surface area contributed by atoms with Crippen molar-refractivity contribution in [3.8, 4) is 0 Å². The lowest BCUT2D eigenvalue weighted by Gasteiger charge is -2.69. The maximum Gasteiger partial charge on any atom is 0.120 e. The fourth-order valence-electron chi connectivity index (χ4n) is 11.9. The van der Waals surface area contributed by atoms with E-state index in [9.17, 15) is 20.4 Å². The number of piperidine rings is 1. The minimum Gasteiger partial charge on any atom is -0.392 e. The summed E-state index contributed by atoms with van der Waals surface area (Å²) in [6, 6.07) is 9.54. The number of likely N-dealkylation sites (tertiary alicyclic amines) is 1. The van der Waals surface area contributed by atoms with Gasteiger partial charge in [0, 0.05) is 76.0 Å². The average Bonchev–Trinajstić information content (AvgIpc) is 3.37. The van der Waals surface area contributed by atoms with E-state index in [-0.39, 0.29) is 37.0 Å². The number of fused-ring (bicyclic) bond motifs is 2. The molecule has 1 aromatic carbocycles. The first-order chi connectivity index (χ1) is 19.6. The Balaban J connectivity index is 1.46. The molecule has 1 aromatic rings. The molecule has 1 aliphatic heterocycles. The van der Waals surface area contributed by atoms with E-state index in [4.69, 9.17) is 23.7 Å². The first-order valence-electron chi connectivity index (χ1n) is 14.9. The smallest absolute Gasteiger partial charge is 0.120 e. The number of rotatable bonds is 8. The number of ether oxygens (including phenoxy) is 5. The summed E-state index contributed by atoms with van der Waals surface area (Å²) in [5, 5.41) is 49.5. The molecule has 15 atom stereocenters. The summed E-state index contributed by atoms with van der Waals surface area (Å²) < 4.78 is 30.9.